The number of aliphatic hydroxyl groups is 1. The van der Waals surface area contributed by atoms with Gasteiger partial charge in [-0.15, -0.1) is 0 Å². The highest BCUT2D eigenvalue weighted by Gasteiger charge is 2.31. The molecule has 22 heavy (non-hydrogen) atoms. The third kappa shape index (κ3) is 3.10. The lowest BCUT2D eigenvalue weighted by atomic mass is 10.0. The molecule has 1 aromatic heterocycles. The Morgan fingerprint density at radius 3 is 2.73 bits per heavy atom. The van der Waals surface area contributed by atoms with E-state index in [0.717, 1.165) is 30.4 Å². The van der Waals surface area contributed by atoms with Crippen molar-refractivity contribution in [2.24, 2.45) is 0 Å². The molecule has 1 fully saturated rings. The molecule has 0 unspecified atom stereocenters. The molecule has 4 nitrogen and oxygen atoms in total. The first kappa shape index (κ1) is 14.9. The van der Waals surface area contributed by atoms with Gasteiger partial charge in [0.05, 0.1) is 19.4 Å². The van der Waals surface area contributed by atoms with E-state index in [0.29, 0.717) is 5.56 Å². The Bertz CT molecular complexity index is 633. The van der Waals surface area contributed by atoms with Crippen molar-refractivity contribution in [2.75, 3.05) is 7.11 Å². The van der Waals surface area contributed by atoms with E-state index in [9.17, 15) is 9.50 Å². The van der Waals surface area contributed by atoms with Crippen molar-refractivity contribution >= 4 is 0 Å². The van der Waals surface area contributed by atoms with Crippen LogP contribution in [0.25, 0.3) is 0 Å². The first-order chi connectivity index (χ1) is 10.7. The summed E-state index contributed by atoms with van der Waals surface area (Å²) in [5.41, 5.74) is 1.67. The quantitative estimate of drug-likeness (QED) is 0.912. The Balaban J connectivity index is 1.68. The highest BCUT2D eigenvalue weighted by molar-refractivity contribution is 5.30. The number of methoxy groups -OCH3 is 1. The fourth-order valence-corrected chi connectivity index (χ4v) is 2.94. The number of ether oxygens (including phenoxy) is 1. The van der Waals surface area contributed by atoms with Crippen LogP contribution in [0, 0.1) is 5.82 Å². The zero-order valence-corrected chi connectivity index (χ0v) is 12.4. The van der Waals surface area contributed by atoms with Gasteiger partial charge in [0, 0.05) is 23.8 Å². The maximum atomic E-state index is 13.2. The minimum Gasteiger partial charge on any atom is -0.497 e. The number of rotatable bonds is 4. The van der Waals surface area contributed by atoms with Gasteiger partial charge >= 0.3 is 0 Å². The molecule has 0 spiro atoms. The fourth-order valence-electron chi connectivity index (χ4n) is 2.94. The van der Waals surface area contributed by atoms with Crippen LogP contribution < -0.4 is 10.1 Å². The average Bonchev–Trinajstić information content (AvgIpc) is 3.04. The van der Waals surface area contributed by atoms with Crippen LogP contribution in [0.5, 0.6) is 5.75 Å². The normalized spacial score (nSPS) is 22.5. The molecule has 0 radical (unpaired) electrons. The Hall–Kier alpha value is -1.98. The maximum Gasteiger partial charge on any atom is 0.141 e. The molecule has 2 heterocycles. The summed E-state index contributed by atoms with van der Waals surface area (Å²) in [6.45, 7) is 0. The first-order valence-corrected chi connectivity index (χ1v) is 7.36. The molecule has 1 aliphatic heterocycles. The highest BCUT2D eigenvalue weighted by atomic mass is 19.1. The number of aromatic nitrogens is 1. The van der Waals surface area contributed by atoms with Crippen molar-refractivity contribution in [3.63, 3.8) is 0 Å². The summed E-state index contributed by atoms with van der Waals surface area (Å²) in [5.74, 6) is 0.394. The lowest BCUT2D eigenvalue weighted by molar-refractivity contribution is 0.134. The molecule has 0 saturated carbocycles. The van der Waals surface area contributed by atoms with Gasteiger partial charge in [-0.1, -0.05) is 12.1 Å². The van der Waals surface area contributed by atoms with Crippen LogP contribution in [0.2, 0.25) is 0 Å². The highest BCUT2D eigenvalue weighted by Crippen LogP contribution is 2.32. The number of hydrogen-bond donors (Lipinski definition) is 2. The number of pyridine rings is 1. The van der Waals surface area contributed by atoms with Crippen molar-refractivity contribution in [1.82, 2.24) is 10.3 Å². The van der Waals surface area contributed by atoms with Crippen molar-refractivity contribution in [3.8, 4) is 5.75 Å². The predicted octanol–water partition coefficient (Wildman–Crippen LogP) is 2.76. The van der Waals surface area contributed by atoms with Crippen LogP contribution in [0.15, 0.2) is 42.7 Å². The van der Waals surface area contributed by atoms with Crippen LogP contribution in [-0.2, 0) is 0 Å². The predicted molar refractivity (Wildman–Crippen MR) is 81.0 cm³/mol. The van der Waals surface area contributed by atoms with E-state index in [1.807, 2.05) is 24.3 Å². The van der Waals surface area contributed by atoms with E-state index in [1.54, 1.807) is 7.11 Å². The van der Waals surface area contributed by atoms with Gasteiger partial charge in [-0.05, 0) is 36.6 Å². The molecule has 116 valence electrons. The lowest BCUT2D eigenvalue weighted by Crippen LogP contribution is -2.30. The second kappa shape index (κ2) is 6.42. The minimum absolute atomic E-state index is 0.101. The third-order valence-electron chi connectivity index (χ3n) is 4.15. The molecular formula is C17H19FN2O2. The van der Waals surface area contributed by atoms with E-state index >= 15 is 0 Å². The Morgan fingerprint density at radius 2 is 2.05 bits per heavy atom. The average molecular weight is 302 g/mol. The van der Waals surface area contributed by atoms with Crippen LogP contribution in [0.4, 0.5) is 4.39 Å². The molecule has 3 rings (SSSR count). The summed E-state index contributed by atoms with van der Waals surface area (Å²) in [7, 11) is 1.64. The lowest BCUT2D eigenvalue weighted by Gasteiger charge is -2.20. The van der Waals surface area contributed by atoms with E-state index in [4.69, 9.17) is 4.74 Å². The van der Waals surface area contributed by atoms with E-state index in [2.05, 4.69) is 10.3 Å². The Labute approximate surface area is 129 Å². The zero-order valence-electron chi connectivity index (χ0n) is 12.4. The molecule has 0 aliphatic carbocycles. The first-order valence-electron chi connectivity index (χ1n) is 7.36. The number of halogens is 1. The van der Waals surface area contributed by atoms with Crippen molar-refractivity contribution < 1.29 is 14.2 Å². The van der Waals surface area contributed by atoms with Crippen LogP contribution in [0.1, 0.15) is 36.1 Å². The van der Waals surface area contributed by atoms with Gasteiger partial charge in [0.25, 0.3) is 0 Å². The zero-order chi connectivity index (χ0) is 15.5. The molecule has 2 N–H and O–H groups in total. The molecular weight excluding hydrogens is 283 g/mol. The number of benzene rings is 1. The second-order valence-electron chi connectivity index (χ2n) is 5.56. The van der Waals surface area contributed by atoms with Gasteiger partial charge in [-0.2, -0.15) is 0 Å². The summed E-state index contributed by atoms with van der Waals surface area (Å²) >= 11 is 0. The molecule has 1 aromatic carbocycles. The molecule has 3 atom stereocenters. The number of nitrogens with zero attached hydrogens (tertiary/aromatic N) is 1. The second-order valence-corrected chi connectivity index (χ2v) is 5.56. The maximum absolute atomic E-state index is 13.2. The van der Waals surface area contributed by atoms with Gasteiger partial charge in [0.15, 0.2) is 0 Å². The third-order valence-corrected chi connectivity index (χ3v) is 4.15. The summed E-state index contributed by atoms with van der Waals surface area (Å²) in [4.78, 5) is 3.80. The van der Waals surface area contributed by atoms with Crippen molar-refractivity contribution in [2.45, 2.75) is 31.0 Å². The van der Waals surface area contributed by atoms with Gasteiger partial charge in [-0.25, -0.2) is 4.39 Å². The van der Waals surface area contributed by atoms with Crippen LogP contribution in [-0.4, -0.2) is 23.2 Å². The SMILES string of the molecule is COc1ccc([C@H]2CC[C@H]([C@@H](O)c3cncc(F)c3)N2)cc1. The molecule has 0 bridgehead atoms. The van der Waals surface area contributed by atoms with Crippen molar-refractivity contribution in [3.05, 3.63) is 59.7 Å². The van der Waals surface area contributed by atoms with E-state index < -0.39 is 11.9 Å². The fraction of sp³-hybridized carbons (Fsp3) is 0.353. The van der Waals surface area contributed by atoms with Crippen LogP contribution in [0.3, 0.4) is 0 Å². The molecule has 2 aromatic rings. The Kier molecular flexibility index (Phi) is 4.36. The van der Waals surface area contributed by atoms with Gasteiger partial charge in [0.2, 0.25) is 0 Å². The summed E-state index contributed by atoms with van der Waals surface area (Å²) in [6.07, 6.45) is 3.64. The van der Waals surface area contributed by atoms with Crippen LogP contribution >= 0.6 is 0 Å². The summed E-state index contributed by atoms with van der Waals surface area (Å²) < 4.78 is 18.4. The molecule has 0 amide bonds. The smallest absolute Gasteiger partial charge is 0.141 e. The number of hydrogen-bond acceptors (Lipinski definition) is 4. The van der Waals surface area contributed by atoms with Gasteiger partial charge in [-0.3, -0.25) is 4.98 Å². The molecule has 1 saturated heterocycles. The Morgan fingerprint density at radius 1 is 1.27 bits per heavy atom. The summed E-state index contributed by atoms with van der Waals surface area (Å²) in [5, 5.41) is 13.8. The van der Waals surface area contributed by atoms with E-state index in [1.165, 1.54) is 12.3 Å². The monoisotopic (exact) mass is 302 g/mol. The number of aliphatic hydroxyl groups excluding tert-OH is 1. The molecule has 5 heteroatoms. The topological polar surface area (TPSA) is 54.4 Å². The van der Waals surface area contributed by atoms with Crippen molar-refractivity contribution in [1.29, 1.82) is 0 Å². The van der Waals surface area contributed by atoms with E-state index in [-0.39, 0.29) is 12.1 Å². The minimum atomic E-state index is -0.758. The molecule has 1 aliphatic rings. The largest absolute Gasteiger partial charge is 0.497 e. The van der Waals surface area contributed by atoms with Gasteiger partial charge in [0.1, 0.15) is 11.6 Å². The van der Waals surface area contributed by atoms with Gasteiger partial charge < -0.3 is 15.2 Å². The summed E-state index contributed by atoms with van der Waals surface area (Å²) in [6, 6.07) is 9.32. The number of nitrogens with one attached hydrogen (secondary N) is 1. The standard InChI is InChI=1S/C17H19FN2O2/c1-22-14-4-2-11(3-5-14)15-6-7-16(20-15)17(21)12-8-13(18)10-19-9-12/h2-5,8-10,15-17,20-21H,6-7H2,1H3/t15-,16-,17+/m1/s1.